The van der Waals surface area contributed by atoms with E-state index in [0.29, 0.717) is 5.75 Å². The van der Waals surface area contributed by atoms with Crippen molar-refractivity contribution in [1.29, 1.82) is 0 Å². The summed E-state index contributed by atoms with van der Waals surface area (Å²) in [7, 11) is 0. The van der Waals surface area contributed by atoms with Crippen LogP contribution in [-0.2, 0) is 6.42 Å². The smallest absolute Gasteiger partial charge is 0.127 e. The number of rotatable bonds is 14. The zero-order valence-corrected chi connectivity index (χ0v) is 21.7. The summed E-state index contributed by atoms with van der Waals surface area (Å²) in [6, 6.07) is 10.3. The summed E-state index contributed by atoms with van der Waals surface area (Å²) in [5, 5.41) is 12.8. The molecule has 0 aliphatic rings. The molecule has 1 N–H and O–H groups in total. The summed E-state index contributed by atoms with van der Waals surface area (Å²) in [4.78, 5) is 0. The van der Waals surface area contributed by atoms with Crippen molar-refractivity contribution in [3.63, 3.8) is 0 Å². The first-order valence-corrected chi connectivity index (χ1v) is 13.1. The lowest BCUT2D eigenvalue weighted by Crippen LogP contribution is -2.00. The van der Waals surface area contributed by atoms with E-state index >= 15 is 0 Å². The Labute approximate surface area is 198 Å². The maximum Gasteiger partial charge on any atom is 0.127 e. The van der Waals surface area contributed by atoms with Crippen molar-refractivity contribution in [3.8, 4) is 5.75 Å². The lowest BCUT2D eigenvalue weighted by atomic mass is 9.91. The zero-order chi connectivity index (χ0) is 23.5. The summed E-state index contributed by atoms with van der Waals surface area (Å²) in [5.41, 5.74) is 3.69. The Morgan fingerprint density at radius 3 is 2.12 bits per heavy atom. The van der Waals surface area contributed by atoms with Crippen LogP contribution in [0.4, 0.5) is 0 Å². The number of fused-ring (bicyclic) bond motifs is 1. The van der Waals surface area contributed by atoms with Gasteiger partial charge in [-0.1, -0.05) is 115 Å². The summed E-state index contributed by atoms with van der Waals surface area (Å²) < 4.78 is 0. The van der Waals surface area contributed by atoms with E-state index in [-0.39, 0.29) is 0 Å². The predicted octanol–water partition coefficient (Wildman–Crippen LogP) is 9.78. The van der Waals surface area contributed by atoms with Gasteiger partial charge in [0.1, 0.15) is 5.75 Å². The van der Waals surface area contributed by atoms with Crippen LogP contribution < -0.4 is 0 Å². The molecule has 0 amide bonds. The number of hydrogen-bond donors (Lipinski definition) is 1. The molecule has 0 fully saturated rings. The van der Waals surface area contributed by atoms with E-state index in [0.717, 1.165) is 40.5 Å². The molecule has 2 rings (SSSR count). The second kappa shape index (κ2) is 13.7. The number of benzene rings is 2. The van der Waals surface area contributed by atoms with Gasteiger partial charge in [0.05, 0.1) is 0 Å². The van der Waals surface area contributed by atoms with Crippen LogP contribution in [-0.4, -0.2) is 5.11 Å². The molecule has 178 valence electrons. The van der Waals surface area contributed by atoms with E-state index in [4.69, 9.17) is 0 Å². The molecule has 2 unspecified atom stereocenters. The lowest BCUT2D eigenvalue weighted by Gasteiger charge is -2.15. The molecule has 2 aromatic rings. The van der Waals surface area contributed by atoms with Gasteiger partial charge in [-0.2, -0.15) is 0 Å². The van der Waals surface area contributed by atoms with Crippen molar-refractivity contribution in [2.75, 3.05) is 0 Å². The van der Waals surface area contributed by atoms with Gasteiger partial charge >= 0.3 is 0 Å². The molecule has 0 aliphatic heterocycles. The summed E-state index contributed by atoms with van der Waals surface area (Å²) in [6.45, 7) is 13.9. The molecule has 0 heterocycles. The Bertz CT molecular complexity index is 845. The summed E-state index contributed by atoms with van der Waals surface area (Å²) in [6.07, 6.45) is 15.3. The van der Waals surface area contributed by atoms with Gasteiger partial charge in [0, 0.05) is 10.9 Å². The molecule has 0 bridgehead atoms. The van der Waals surface area contributed by atoms with Gasteiger partial charge in [0.15, 0.2) is 0 Å². The summed E-state index contributed by atoms with van der Waals surface area (Å²) >= 11 is 0. The molecule has 1 nitrogen and oxygen atoms in total. The third-order valence-electron chi connectivity index (χ3n) is 7.14. The van der Waals surface area contributed by atoms with Gasteiger partial charge in [-0.15, -0.1) is 0 Å². The first-order valence-electron chi connectivity index (χ1n) is 13.1. The van der Waals surface area contributed by atoms with E-state index in [9.17, 15) is 5.11 Å². The third-order valence-corrected chi connectivity index (χ3v) is 7.14. The first kappa shape index (κ1) is 26.5. The molecule has 0 aromatic heterocycles. The average Bonchev–Trinajstić information content (AvgIpc) is 2.73. The highest BCUT2D eigenvalue weighted by Crippen LogP contribution is 2.32. The van der Waals surface area contributed by atoms with Crippen molar-refractivity contribution in [1.82, 2.24) is 0 Å². The first-order chi connectivity index (χ1) is 15.3. The monoisotopic (exact) mass is 436 g/mol. The van der Waals surface area contributed by atoms with E-state index in [1.165, 1.54) is 68.9 Å². The molecule has 2 aromatic carbocycles. The van der Waals surface area contributed by atoms with E-state index in [1.54, 1.807) is 0 Å². The fourth-order valence-electron chi connectivity index (χ4n) is 4.85. The van der Waals surface area contributed by atoms with E-state index < -0.39 is 0 Å². The highest BCUT2D eigenvalue weighted by Gasteiger charge is 2.10. The quantitative estimate of drug-likeness (QED) is 0.292. The van der Waals surface area contributed by atoms with Crippen molar-refractivity contribution in [2.45, 2.75) is 106 Å². The molecule has 1 heteroatoms. The minimum absolute atomic E-state index is 0.455. The van der Waals surface area contributed by atoms with Crippen LogP contribution in [0.2, 0.25) is 0 Å². The second-order valence-corrected chi connectivity index (χ2v) is 10.9. The topological polar surface area (TPSA) is 20.2 Å². The van der Waals surface area contributed by atoms with Crippen LogP contribution in [0.25, 0.3) is 10.8 Å². The van der Waals surface area contributed by atoms with Gasteiger partial charge in [0.2, 0.25) is 0 Å². The van der Waals surface area contributed by atoms with Gasteiger partial charge in [-0.05, 0) is 61.8 Å². The number of aromatic hydroxyl groups is 1. The van der Waals surface area contributed by atoms with Gasteiger partial charge in [-0.3, -0.25) is 0 Å². The number of phenols is 1. The minimum Gasteiger partial charge on any atom is -0.507 e. The predicted molar refractivity (Wildman–Crippen MR) is 143 cm³/mol. The molecule has 0 saturated carbocycles. The minimum atomic E-state index is 0.455. The maximum atomic E-state index is 10.8. The van der Waals surface area contributed by atoms with E-state index in [2.05, 4.69) is 59.8 Å². The molecule has 0 radical (unpaired) electrons. The SMILES string of the molecule is C/C(=C\Cc1c(C)cc2ccccc2c1O)CCCC(C)CCCC(C)CCCC(C)C. The van der Waals surface area contributed by atoms with E-state index in [1.807, 2.05) is 18.2 Å². The molecule has 0 saturated heterocycles. The van der Waals surface area contributed by atoms with Crippen LogP contribution in [0, 0.1) is 24.7 Å². The summed E-state index contributed by atoms with van der Waals surface area (Å²) in [5.74, 6) is 3.03. The fourth-order valence-corrected chi connectivity index (χ4v) is 4.85. The number of aryl methyl sites for hydroxylation is 1. The van der Waals surface area contributed by atoms with Crippen molar-refractivity contribution >= 4 is 10.8 Å². The Morgan fingerprint density at radius 1 is 0.875 bits per heavy atom. The standard InChI is InChI=1S/C31H48O/c1-23(2)12-9-13-24(3)14-10-15-25(4)16-11-17-26(5)20-21-29-27(6)22-28-18-7-8-19-30(28)31(29)32/h7-8,18-20,22-25,32H,9-17,21H2,1-6H3/b26-20+. The Balaban J connectivity index is 1.69. The van der Waals surface area contributed by atoms with Crippen LogP contribution in [0.15, 0.2) is 42.0 Å². The molecular formula is C31H48O. The normalized spacial score (nSPS) is 14.3. The molecule has 32 heavy (non-hydrogen) atoms. The van der Waals surface area contributed by atoms with Crippen LogP contribution in [0.1, 0.15) is 104 Å². The maximum absolute atomic E-state index is 10.8. The Hall–Kier alpha value is -1.76. The number of phenolic OH excluding ortho intramolecular Hbond substituents is 1. The van der Waals surface area contributed by atoms with Crippen LogP contribution >= 0.6 is 0 Å². The van der Waals surface area contributed by atoms with Gasteiger partial charge in [-0.25, -0.2) is 0 Å². The number of hydrogen-bond acceptors (Lipinski definition) is 1. The van der Waals surface area contributed by atoms with Gasteiger partial charge < -0.3 is 5.11 Å². The fraction of sp³-hybridized carbons (Fsp3) is 0.613. The molecule has 0 aliphatic carbocycles. The Morgan fingerprint density at radius 2 is 1.47 bits per heavy atom. The van der Waals surface area contributed by atoms with Gasteiger partial charge in [0.25, 0.3) is 0 Å². The van der Waals surface area contributed by atoms with Crippen LogP contribution in [0.5, 0.6) is 5.75 Å². The lowest BCUT2D eigenvalue weighted by molar-refractivity contribution is 0.389. The average molecular weight is 437 g/mol. The Kier molecular flexibility index (Phi) is 11.4. The highest BCUT2D eigenvalue weighted by atomic mass is 16.3. The molecular weight excluding hydrogens is 388 g/mol. The van der Waals surface area contributed by atoms with Crippen molar-refractivity contribution < 1.29 is 5.11 Å². The van der Waals surface area contributed by atoms with Crippen molar-refractivity contribution in [2.24, 2.45) is 17.8 Å². The second-order valence-electron chi connectivity index (χ2n) is 10.9. The molecule has 0 spiro atoms. The largest absolute Gasteiger partial charge is 0.507 e. The number of allylic oxidation sites excluding steroid dienone is 2. The zero-order valence-electron chi connectivity index (χ0n) is 21.7. The molecule has 2 atom stereocenters. The van der Waals surface area contributed by atoms with Crippen molar-refractivity contribution in [3.05, 3.63) is 53.1 Å². The van der Waals surface area contributed by atoms with Crippen LogP contribution in [0.3, 0.4) is 0 Å². The highest BCUT2D eigenvalue weighted by molar-refractivity contribution is 5.90. The third kappa shape index (κ3) is 9.00.